The van der Waals surface area contributed by atoms with Gasteiger partial charge in [0.25, 0.3) is 5.91 Å². The van der Waals surface area contributed by atoms with Gasteiger partial charge in [-0.05, 0) is 29.8 Å². The molecule has 0 radical (unpaired) electrons. The average Bonchev–Trinajstić information content (AvgIpc) is 2.67. The van der Waals surface area contributed by atoms with Crippen molar-refractivity contribution in [3.63, 3.8) is 0 Å². The Morgan fingerprint density at radius 3 is 2.52 bits per heavy atom. The van der Waals surface area contributed by atoms with Crippen LogP contribution in [0.3, 0.4) is 0 Å². The minimum absolute atomic E-state index is 0.0424. The first-order valence-electron chi connectivity index (χ1n) is 8.23. The monoisotopic (exact) mass is 336 g/mol. The maximum Gasteiger partial charge on any atom is 0.254 e. The van der Waals surface area contributed by atoms with Crippen LogP contribution in [0.5, 0.6) is 0 Å². The summed E-state index contributed by atoms with van der Waals surface area (Å²) < 4.78 is 5.27. The predicted molar refractivity (Wildman–Crippen MR) is 97.3 cm³/mol. The quantitative estimate of drug-likeness (QED) is 0.874. The van der Waals surface area contributed by atoms with E-state index in [9.17, 15) is 9.59 Å². The molecule has 1 aliphatic heterocycles. The molecule has 5 heteroatoms. The van der Waals surface area contributed by atoms with E-state index in [4.69, 9.17) is 4.74 Å². The number of benzene rings is 2. The van der Waals surface area contributed by atoms with Crippen LogP contribution >= 0.6 is 0 Å². The topological polar surface area (TPSA) is 58.6 Å². The van der Waals surface area contributed by atoms with Crippen LogP contribution in [0.15, 0.2) is 60.7 Å². The largest absolute Gasteiger partial charge is 0.378 e. The van der Waals surface area contributed by atoms with Crippen LogP contribution in [0.4, 0.5) is 5.69 Å². The fraction of sp³-hybridized carbons (Fsp3) is 0.200. The second kappa shape index (κ2) is 8.26. The molecule has 1 aliphatic rings. The lowest BCUT2D eigenvalue weighted by molar-refractivity contribution is -0.111. The van der Waals surface area contributed by atoms with Gasteiger partial charge in [-0.25, -0.2) is 0 Å². The summed E-state index contributed by atoms with van der Waals surface area (Å²) in [5.41, 5.74) is 2.11. The zero-order valence-electron chi connectivity index (χ0n) is 13.9. The zero-order valence-corrected chi connectivity index (χ0v) is 13.9. The summed E-state index contributed by atoms with van der Waals surface area (Å²) in [7, 11) is 0. The highest BCUT2D eigenvalue weighted by Crippen LogP contribution is 2.14. The number of anilines is 1. The number of ether oxygens (including phenoxy) is 1. The van der Waals surface area contributed by atoms with E-state index in [1.54, 1.807) is 35.2 Å². The molecule has 1 N–H and O–H groups in total. The number of amides is 2. The normalized spacial score (nSPS) is 14.5. The molecule has 0 aliphatic carbocycles. The Kier molecular flexibility index (Phi) is 5.59. The molecule has 1 heterocycles. The summed E-state index contributed by atoms with van der Waals surface area (Å²) in [6, 6.07) is 16.6. The number of rotatable bonds is 4. The summed E-state index contributed by atoms with van der Waals surface area (Å²) in [4.78, 5) is 26.3. The van der Waals surface area contributed by atoms with Crippen molar-refractivity contribution >= 4 is 23.6 Å². The first kappa shape index (κ1) is 16.9. The minimum atomic E-state index is -0.236. The van der Waals surface area contributed by atoms with Crippen molar-refractivity contribution in [1.82, 2.24) is 4.90 Å². The highest BCUT2D eigenvalue weighted by atomic mass is 16.5. The van der Waals surface area contributed by atoms with Crippen LogP contribution in [0, 0.1) is 0 Å². The summed E-state index contributed by atoms with van der Waals surface area (Å²) in [6.45, 7) is 2.31. The molecule has 0 bridgehead atoms. The first-order chi connectivity index (χ1) is 12.2. The van der Waals surface area contributed by atoms with Gasteiger partial charge in [-0.2, -0.15) is 0 Å². The van der Waals surface area contributed by atoms with Crippen LogP contribution in [-0.2, 0) is 9.53 Å². The molecule has 0 atom stereocenters. The van der Waals surface area contributed by atoms with E-state index in [-0.39, 0.29) is 11.8 Å². The smallest absolute Gasteiger partial charge is 0.254 e. The van der Waals surface area contributed by atoms with E-state index in [0.717, 1.165) is 5.56 Å². The molecule has 0 aromatic heterocycles. The number of carbonyl (C=O) groups excluding carboxylic acids is 2. The van der Waals surface area contributed by atoms with Gasteiger partial charge in [-0.1, -0.05) is 36.4 Å². The second-order valence-electron chi connectivity index (χ2n) is 5.72. The van der Waals surface area contributed by atoms with E-state index in [0.29, 0.717) is 37.6 Å². The summed E-state index contributed by atoms with van der Waals surface area (Å²) in [5.74, 6) is -0.279. The lowest BCUT2D eigenvalue weighted by Gasteiger charge is -2.27. The molecule has 1 fully saturated rings. The SMILES string of the molecule is O=C(/C=C/c1ccccc1)Nc1cccc(C(=O)N2CCOCC2)c1. The Bertz CT molecular complexity index is 766. The third kappa shape index (κ3) is 4.78. The predicted octanol–water partition coefficient (Wildman–Crippen LogP) is 2.81. The molecule has 1 saturated heterocycles. The van der Waals surface area contributed by atoms with Crippen molar-refractivity contribution in [2.24, 2.45) is 0 Å². The Morgan fingerprint density at radius 1 is 1.00 bits per heavy atom. The molecule has 0 unspecified atom stereocenters. The van der Waals surface area contributed by atoms with Crippen LogP contribution in [-0.4, -0.2) is 43.0 Å². The fourth-order valence-electron chi connectivity index (χ4n) is 2.60. The lowest BCUT2D eigenvalue weighted by Crippen LogP contribution is -2.40. The van der Waals surface area contributed by atoms with Gasteiger partial charge in [-0.15, -0.1) is 0 Å². The summed E-state index contributed by atoms with van der Waals surface area (Å²) >= 11 is 0. The maximum atomic E-state index is 12.5. The van der Waals surface area contributed by atoms with Crippen LogP contribution < -0.4 is 5.32 Å². The van der Waals surface area contributed by atoms with Gasteiger partial charge in [0, 0.05) is 30.4 Å². The Morgan fingerprint density at radius 2 is 1.76 bits per heavy atom. The summed E-state index contributed by atoms with van der Waals surface area (Å²) in [5, 5.41) is 2.79. The Balaban J connectivity index is 1.64. The minimum Gasteiger partial charge on any atom is -0.378 e. The highest BCUT2D eigenvalue weighted by molar-refractivity contribution is 6.03. The Hall–Kier alpha value is -2.92. The van der Waals surface area contributed by atoms with Gasteiger partial charge >= 0.3 is 0 Å². The van der Waals surface area contributed by atoms with Gasteiger partial charge in [0.05, 0.1) is 13.2 Å². The Labute approximate surface area is 146 Å². The number of nitrogens with zero attached hydrogens (tertiary/aromatic N) is 1. The molecule has 2 aromatic rings. The van der Waals surface area contributed by atoms with Gasteiger partial charge in [0.2, 0.25) is 5.91 Å². The molecule has 25 heavy (non-hydrogen) atoms. The van der Waals surface area contributed by atoms with E-state index in [1.807, 2.05) is 30.3 Å². The number of hydrogen-bond donors (Lipinski definition) is 1. The third-order valence-electron chi connectivity index (χ3n) is 3.90. The molecule has 2 aromatic carbocycles. The fourth-order valence-corrected chi connectivity index (χ4v) is 2.60. The van der Waals surface area contributed by atoms with Crippen molar-refractivity contribution in [2.75, 3.05) is 31.6 Å². The van der Waals surface area contributed by atoms with Crippen LogP contribution in [0.2, 0.25) is 0 Å². The molecule has 0 saturated carbocycles. The van der Waals surface area contributed by atoms with Crippen LogP contribution in [0.1, 0.15) is 15.9 Å². The van der Waals surface area contributed by atoms with E-state index < -0.39 is 0 Å². The second-order valence-corrected chi connectivity index (χ2v) is 5.72. The standard InChI is InChI=1S/C20H20N2O3/c23-19(10-9-16-5-2-1-3-6-16)21-18-8-4-7-17(15-18)20(24)22-11-13-25-14-12-22/h1-10,15H,11-14H2,(H,21,23)/b10-9+. The number of hydrogen-bond acceptors (Lipinski definition) is 3. The van der Waals surface area contributed by atoms with E-state index in [1.165, 1.54) is 6.08 Å². The van der Waals surface area contributed by atoms with E-state index >= 15 is 0 Å². The van der Waals surface area contributed by atoms with Gasteiger partial charge in [0.15, 0.2) is 0 Å². The van der Waals surface area contributed by atoms with Crippen molar-refractivity contribution in [3.8, 4) is 0 Å². The van der Waals surface area contributed by atoms with Crippen molar-refractivity contribution in [1.29, 1.82) is 0 Å². The van der Waals surface area contributed by atoms with Crippen molar-refractivity contribution in [3.05, 3.63) is 71.8 Å². The molecule has 2 amide bonds. The molecular formula is C20H20N2O3. The molecular weight excluding hydrogens is 316 g/mol. The van der Waals surface area contributed by atoms with Gasteiger partial charge in [-0.3, -0.25) is 9.59 Å². The molecule has 5 nitrogen and oxygen atoms in total. The number of carbonyl (C=O) groups is 2. The lowest BCUT2D eigenvalue weighted by atomic mass is 10.1. The summed E-state index contributed by atoms with van der Waals surface area (Å²) in [6.07, 6.45) is 3.23. The van der Waals surface area contributed by atoms with E-state index in [2.05, 4.69) is 5.32 Å². The highest BCUT2D eigenvalue weighted by Gasteiger charge is 2.18. The number of nitrogens with one attached hydrogen (secondary N) is 1. The zero-order chi connectivity index (χ0) is 17.5. The van der Waals surface area contributed by atoms with Gasteiger partial charge in [0.1, 0.15) is 0 Å². The average molecular weight is 336 g/mol. The van der Waals surface area contributed by atoms with Crippen molar-refractivity contribution < 1.29 is 14.3 Å². The first-order valence-corrected chi connectivity index (χ1v) is 8.23. The van der Waals surface area contributed by atoms with Crippen molar-refractivity contribution in [2.45, 2.75) is 0 Å². The molecule has 3 rings (SSSR count). The molecule has 128 valence electrons. The number of morpholine rings is 1. The van der Waals surface area contributed by atoms with Gasteiger partial charge < -0.3 is 15.0 Å². The maximum absolute atomic E-state index is 12.5. The van der Waals surface area contributed by atoms with Crippen LogP contribution in [0.25, 0.3) is 6.08 Å². The third-order valence-corrected chi connectivity index (χ3v) is 3.90. The molecule has 0 spiro atoms.